The van der Waals surface area contributed by atoms with Crippen LogP contribution in [-0.2, 0) is 4.43 Å². The van der Waals surface area contributed by atoms with Gasteiger partial charge in [-0.3, -0.25) is 0 Å². The van der Waals surface area contributed by atoms with Crippen LogP contribution in [0.3, 0.4) is 0 Å². The molecule has 1 N–H and O–H groups in total. The lowest BCUT2D eigenvalue weighted by atomic mass is 9.92. The van der Waals surface area contributed by atoms with E-state index in [1.165, 1.54) is 25.0 Å². The van der Waals surface area contributed by atoms with Crippen LogP contribution in [0.15, 0.2) is 18.2 Å². The number of anilines is 1. The van der Waals surface area contributed by atoms with Crippen molar-refractivity contribution >= 4 is 25.6 Å². The van der Waals surface area contributed by atoms with Gasteiger partial charge in [0.25, 0.3) is 0 Å². The smallest absolute Gasteiger partial charge is 0.192 e. The molecular formula is C18H29ClFNOSi. The van der Waals surface area contributed by atoms with Crippen molar-refractivity contribution in [2.75, 3.05) is 5.32 Å². The van der Waals surface area contributed by atoms with Gasteiger partial charge in [0.05, 0.1) is 12.1 Å². The van der Waals surface area contributed by atoms with Gasteiger partial charge in [-0.05, 0) is 49.2 Å². The summed E-state index contributed by atoms with van der Waals surface area (Å²) in [6.07, 6.45) is 4.67. The Hall–Kier alpha value is -0.583. The average molecular weight is 358 g/mol. The molecule has 0 bridgehead atoms. The van der Waals surface area contributed by atoms with Crippen LogP contribution in [-0.4, -0.2) is 20.5 Å². The Morgan fingerprint density at radius 3 is 2.43 bits per heavy atom. The lowest BCUT2D eigenvalue weighted by Gasteiger charge is -2.43. The minimum atomic E-state index is -1.81. The van der Waals surface area contributed by atoms with Crippen LogP contribution in [0.25, 0.3) is 0 Å². The van der Waals surface area contributed by atoms with Crippen LogP contribution in [0.4, 0.5) is 10.1 Å². The molecule has 1 unspecified atom stereocenters. The third kappa shape index (κ3) is 4.94. The molecule has 0 aromatic heterocycles. The number of hydrogen-bond acceptors (Lipinski definition) is 2. The number of hydrogen-bond donors (Lipinski definition) is 1. The first-order valence-electron chi connectivity index (χ1n) is 8.49. The van der Waals surface area contributed by atoms with Crippen LogP contribution in [0.5, 0.6) is 0 Å². The van der Waals surface area contributed by atoms with Crippen molar-refractivity contribution in [2.24, 2.45) is 0 Å². The Morgan fingerprint density at radius 1 is 1.17 bits per heavy atom. The standard InChI is InChI=1S/C18H29ClFNOSi/c1-18(2,3)23(4,5)22-17-9-7-6-8-16(17)21-15-11-13(19)10-14(20)12-15/h10-12,16-17,21H,6-9H2,1-5H3/t16?,17-/m0/s1. The summed E-state index contributed by atoms with van der Waals surface area (Å²) in [4.78, 5) is 0. The highest BCUT2D eigenvalue weighted by molar-refractivity contribution is 6.74. The van der Waals surface area contributed by atoms with Gasteiger partial charge in [-0.1, -0.05) is 45.2 Å². The first-order chi connectivity index (χ1) is 10.6. The van der Waals surface area contributed by atoms with Crippen molar-refractivity contribution in [2.45, 2.75) is 76.7 Å². The SMILES string of the molecule is CC(C)(C)[Si](C)(C)O[C@H]1CCCCC1Nc1cc(F)cc(Cl)c1. The zero-order valence-corrected chi connectivity index (χ0v) is 16.6. The van der Waals surface area contributed by atoms with Gasteiger partial charge >= 0.3 is 0 Å². The molecule has 0 heterocycles. The van der Waals surface area contributed by atoms with Crippen LogP contribution in [0, 0.1) is 5.82 Å². The van der Waals surface area contributed by atoms with Crippen LogP contribution >= 0.6 is 11.6 Å². The summed E-state index contributed by atoms with van der Waals surface area (Å²) in [7, 11) is -1.81. The molecule has 1 saturated carbocycles. The molecule has 0 spiro atoms. The summed E-state index contributed by atoms with van der Waals surface area (Å²) in [6, 6.07) is 4.83. The lowest BCUT2D eigenvalue weighted by molar-refractivity contribution is 0.124. The number of benzene rings is 1. The molecule has 0 saturated heterocycles. The van der Waals surface area contributed by atoms with E-state index < -0.39 is 8.32 Å². The van der Waals surface area contributed by atoms with Gasteiger partial charge < -0.3 is 9.74 Å². The zero-order chi connectivity index (χ0) is 17.3. The molecule has 0 aliphatic heterocycles. The zero-order valence-electron chi connectivity index (χ0n) is 14.9. The minimum Gasteiger partial charge on any atom is -0.412 e. The molecule has 1 aliphatic carbocycles. The van der Waals surface area contributed by atoms with Gasteiger partial charge in [-0.2, -0.15) is 0 Å². The molecule has 2 rings (SSSR count). The summed E-state index contributed by atoms with van der Waals surface area (Å²) in [6.45, 7) is 11.4. The third-order valence-electron chi connectivity index (χ3n) is 5.17. The summed E-state index contributed by atoms with van der Waals surface area (Å²) < 4.78 is 20.2. The van der Waals surface area contributed by atoms with E-state index in [4.69, 9.17) is 16.0 Å². The van der Waals surface area contributed by atoms with Crippen molar-refractivity contribution in [3.8, 4) is 0 Å². The molecule has 5 heteroatoms. The minimum absolute atomic E-state index is 0.187. The van der Waals surface area contributed by atoms with Gasteiger partial charge in [-0.15, -0.1) is 0 Å². The number of nitrogens with one attached hydrogen (secondary N) is 1. The third-order valence-corrected chi connectivity index (χ3v) is 9.89. The van der Waals surface area contributed by atoms with Crippen molar-refractivity contribution in [3.05, 3.63) is 29.0 Å². The molecule has 1 fully saturated rings. The lowest BCUT2D eigenvalue weighted by Crippen LogP contribution is -2.49. The predicted octanol–water partition coefficient (Wildman–Crippen LogP) is 6.22. The Labute approximate surface area is 145 Å². The first kappa shape index (κ1) is 18.8. The van der Waals surface area contributed by atoms with Crippen LogP contribution in [0.2, 0.25) is 23.2 Å². The second kappa shape index (κ2) is 7.12. The molecule has 0 radical (unpaired) electrons. The summed E-state index contributed by atoms with van der Waals surface area (Å²) in [5.41, 5.74) is 0.741. The Kier molecular flexibility index (Phi) is 5.80. The quantitative estimate of drug-likeness (QED) is 0.645. The Bertz CT molecular complexity index is 524. The largest absolute Gasteiger partial charge is 0.412 e. The van der Waals surface area contributed by atoms with Gasteiger partial charge in [-0.25, -0.2) is 4.39 Å². The molecule has 1 aliphatic rings. The van der Waals surface area contributed by atoms with Gasteiger partial charge in [0.2, 0.25) is 0 Å². The highest BCUT2D eigenvalue weighted by Crippen LogP contribution is 2.39. The van der Waals surface area contributed by atoms with E-state index in [0.29, 0.717) is 5.02 Å². The molecule has 130 valence electrons. The van der Waals surface area contributed by atoms with E-state index in [2.05, 4.69) is 39.2 Å². The Balaban J connectivity index is 2.12. The highest BCUT2D eigenvalue weighted by Gasteiger charge is 2.41. The van der Waals surface area contributed by atoms with E-state index >= 15 is 0 Å². The maximum absolute atomic E-state index is 13.6. The molecule has 2 atom stereocenters. The summed E-state index contributed by atoms with van der Waals surface area (Å²) >= 11 is 5.97. The Morgan fingerprint density at radius 2 is 1.83 bits per heavy atom. The fourth-order valence-corrected chi connectivity index (χ4v) is 4.42. The van der Waals surface area contributed by atoms with E-state index in [9.17, 15) is 4.39 Å². The monoisotopic (exact) mass is 357 g/mol. The highest BCUT2D eigenvalue weighted by atomic mass is 35.5. The number of halogens is 2. The van der Waals surface area contributed by atoms with Crippen molar-refractivity contribution in [3.63, 3.8) is 0 Å². The van der Waals surface area contributed by atoms with Crippen LogP contribution in [0.1, 0.15) is 46.5 Å². The van der Waals surface area contributed by atoms with Crippen molar-refractivity contribution < 1.29 is 8.82 Å². The fourth-order valence-electron chi connectivity index (χ4n) is 2.81. The van der Waals surface area contributed by atoms with E-state index in [1.54, 1.807) is 6.07 Å². The van der Waals surface area contributed by atoms with Gasteiger partial charge in [0, 0.05) is 10.7 Å². The van der Waals surface area contributed by atoms with E-state index in [0.717, 1.165) is 18.5 Å². The summed E-state index contributed by atoms with van der Waals surface area (Å²) in [5.74, 6) is -0.308. The second-order valence-electron chi connectivity index (χ2n) is 8.11. The van der Waals surface area contributed by atoms with Crippen molar-refractivity contribution in [1.82, 2.24) is 0 Å². The maximum Gasteiger partial charge on any atom is 0.192 e. The molecule has 0 amide bonds. The summed E-state index contributed by atoms with van der Waals surface area (Å²) in [5, 5.41) is 4.07. The normalized spacial score (nSPS) is 22.9. The van der Waals surface area contributed by atoms with Crippen molar-refractivity contribution in [1.29, 1.82) is 0 Å². The first-order valence-corrected chi connectivity index (χ1v) is 11.8. The molecule has 23 heavy (non-hydrogen) atoms. The fraction of sp³-hybridized carbons (Fsp3) is 0.667. The van der Waals surface area contributed by atoms with E-state index in [-0.39, 0.29) is 23.0 Å². The average Bonchev–Trinajstić information content (AvgIpc) is 2.38. The maximum atomic E-state index is 13.6. The predicted molar refractivity (Wildman–Crippen MR) is 99.4 cm³/mol. The van der Waals surface area contributed by atoms with E-state index in [1.807, 2.05) is 0 Å². The topological polar surface area (TPSA) is 21.3 Å². The van der Waals surface area contributed by atoms with Crippen LogP contribution < -0.4 is 5.32 Å². The number of rotatable bonds is 4. The molecule has 2 nitrogen and oxygen atoms in total. The molecular weight excluding hydrogens is 329 g/mol. The van der Waals surface area contributed by atoms with Gasteiger partial charge in [0.15, 0.2) is 8.32 Å². The second-order valence-corrected chi connectivity index (χ2v) is 13.3. The molecule has 1 aromatic carbocycles. The molecule has 1 aromatic rings. The van der Waals surface area contributed by atoms with Gasteiger partial charge in [0.1, 0.15) is 5.82 Å².